The number of nitrogens with zero attached hydrogens (tertiary/aromatic N) is 3. The average molecular weight is 725 g/mol. The first-order valence-corrected chi connectivity index (χ1v) is 16.9. The Morgan fingerprint density at radius 1 is 1.02 bits per heavy atom. The number of piperidine rings is 3. The average Bonchev–Trinajstić information content (AvgIpc) is 3.10. The number of aromatic nitrogens is 1. The molecule has 0 radical (unpaired) electrons. The van der Waals surface area contributed by atoms with Crippen LogP contribution in [-0.4, -0.2) is 62.1 Å². The van der Waals surface area contributed by atoms with Gasteiger partial charge in [-0.3, -0.25) is 15.0 Å². The third kappa shape index (κ3) is 7.60. The fourth-order valence-corrected chi connectivity index (χ4v) is 7.53. The van der Waals surface area contributed by atoms with E-state index in [2.05, 4.69) is 4.90 Å². The minimum absolute atomic E-state index is 0.0558. The molecule has 0 aliphatic carbocycles. The normalized spacial score (nSPS) is 18.7. The molecule has 0 spiro atoms. The summed E-state index contributed by atoms with van der Waals surface area (Å²) in [6.07, 6.45) is 3.63. The maximum Gasteiger partial charge on any atom is 0.414 e. The number of rotatable bonds is 11. The van der Waals surface area contributed by atoms with Gasteiger partial charge in [0.15, 0.2) is 11.5 Å². The van der Waals surface area contributed by atoms with Gasteiger partial charge in [-0.05, 0) is 85.3 Å². The van der Waals surface area contributed by atoms with Crippen molar-refractivity contribution < 1.29 is 43.2 Å². The lowest BCUT2D eigenvalue weighted by Gasteiger charge is -2.44. The lowest BCUT2D eigenvalue weighted by molar-refractivity contribution is -0.904. The number of anilines is 1. The number of hydrogen-bond donors (Lipinski definition) is 1. The van der Waals surface area contributed by atoms with Crippen LogP contribution in [0.15, 0.2) is 73.1 Å². The van der Waals surface area contributed by atoms with Crippen molar-refractivity contribution >= 4 is 41.0 Å². The third-order valence-electron chi connectivity index (χ3n) is 9.53. The van der Waals surface area contributed by atoms with Crippen LogP contribution in [0.1, 0.15) is 51.4 Å². The van der Waals surface area contributed by atoms with Gasteiger partial charge in [0.1, 0.15) is 22.0 Å². The molecule has 3 aliphatic heterocycles. The minimum atomic E-state index is -1.42. The summed E-state index contributed by atoms with van der Waals surface area (Å²) in [4.78, 5) is 30.1. The number of benzene rings is 3. The third-order valence-corrected chi connectivity index (χ3v) is 10.2. The Morgan fingerprint density at radius 2 is 1.74 bits per heavy atom. The summed E-state index contributed by atoms with van der Waals surface area (Å²) in [7, 11) is 3.00. The second kappa shape index (κ2) is 15.1. The first-order chi connectivity index (χ1) is 24.0. The Morgan fingerprint density at radius 3 is 2.36 bits per heavy atom. The maximum atomic E-state index is 14.5. The monoisotopic (exact) mass is 723 g/mol. The quantitative estimate of drug-likeness (QED) is 0.156. The molecule has 0 unspecified atom stereocenters. The van der Waals surface area contributed by atoms with E-state index in [4.69, 9.17) is 37.4 Å². The van der Waals surface area contributed by atoms with Gasteiger partial charge in [0.05, 0.1) is 32.4 Å². The number of carboxylic acids is 1. The molecule has 4 aromatic rings. The molecular weight excluding hydrogens is 688 g/mol. The van der Waals surface area contributed by atoms with Crippen molar-refractivity contribution in [3.05, 3.63) is 117 Å². The lowest BCUT2D eigenvalue weighted by Crippen LogP contribution is -2.53. The van der Waals surface area contributed by atoms with Gasteiger partial charge >= 0.3 is 6.09 Å². The van der Waals surface area contributed by atoms with Crippen LogP contribution in [0.2, 0.25) is 10.0 Å². The summed E-state index contributed by atoms with van der Waals surface area (Å²) in [5, 5.41) is 22.9. The molecule has 0 saturated carbocycles. The fourth-order valence-electron chi connectivity index (χ4n) is 6.93. The summed E-state index contributed by atoms with van der Waals surface area (Å²) in [6.45, 7) is 2.53. The van der Waals surface area contributed by atoms with Gasteiger partial charge in [-0.2, -0.15) is 0 Å². The second-order valence-electron chi connectivity index (χ2n) is 12.5. The van der Waals surface area contributed by atoms with E-state index in [9.17, 15) is 24.3 Å². The van der Waals surface area contributed by atoms with E-state index in [-0.39, 0.29) is 40.6 Å². The van der Waals surface area contributed by atoms with Gasteiger partial charge in [-0.15, -0.1) is 0 Å². The Kier molecular flexibility index (Phi) is 10.7. The molecule has 13 heteroatoms. The number of carboxylic acid groups (broad SMARTS) is 1. The van der Waals surface area contributed by atoms with Crippen LogP contribution in [0.3, 0.4) is 0 Å². The van der Waals surface area contributed by atoms with Crippen molar-refractivity contribution in [1.29, 1.82) is 0 Å². The summed E-state index contributed by atoms with van der Waals surface area (Å²) < 4.78 is 32.3. The van der Waals surface area contributed by atoms with Gasteiger partial charge in [0.25, 0.3) is 0 Å². The molecule has 3 saturated heterocycles. The van der Waals surface area contributed by atoms with E-state index in [1.165, 1.54) is 55.8 Å². The number of methoxy groups -OCH3 is 2. The summed E-state index contributed by atoms with van der Waals surface area (Å²) in [5.41, 5.74) is 2.17. The number of ether oxygens (including phenoxy) is 3. The van der Waals surface area contributed by atoms with Crippen LogP contribution in [0.25, 0.3) is 0 Å². The smallest absolute Gasteiger partial charge is 0.414 e. The highest BCUT2D eigenvalue weighted by atomic mass is 35.5. The molecule has 50 heavy (non-hydrogen) atoms. The standard InChI is InChI=1S/C37H36Cl2FN3O7/c1-48-33-9-7-24(15-34(33)49-2)28(17-30-31(38)19-42(47)20-32(30)39)29-14-22(6-8-27(29)36(44)45)18-43(26-5-3-4-25(40)16-26)37(46)50-35-21-41-12-10-23(35)11-13-41/h3-9,14-16,19-20,23,28,35H,10-13,17-18,21H2,1-2H3,(H-,44,45,47)/t28-,35+/m1/s1. The Bertz CT molecular complexity index is 1880. The number of halogens is 3. The zero-order chi connectivity index (χ0) is 35.5. The summed E-state index contributed by atoms with van der Waals surface area (Å²) >= 11 is 13.1. The zero-order valence-electron chi connectivity index (χ0n) is 27.5. The van der Waals surface area contributed by atoms with Crippen molar-refractivity contribution in [1.82, 2.24) is 4.90 Å². The number of carbonyl (C=O) groups is 2. The molecule has 7 rings (SSSR count). The molecule has 4 heterocycles. The molecule has 1 amide bonds. The van der Waals surface area contributed by atoms with Crippen LogP contribution < -0.4 is 24.2 Å². The number of aromatic carboxylic acids is 1. The number of pyridine rings is 1. The Labute approximate surface area is 299 Å². The highest BCUT2D eigenvalue weighted by molar-refractivity contribution is 6.35. The highest BCUT2D eigenvalue weighted by Gasteiger charge is 2.37. The van der Waals surface area contributed by atoms with Crippen LogP contribution in [0.4, 0.5) is 14.9 Å². The van der Waals surface area contributed by atoms with Crippen molar-refractivity contribution in [3.8, 4) is 11.5 Å². The van der Waals surface area contributed by atoms with E-state index in [1.54, 1.807) is 36.4 Å². The van der Waals surface area contributed by atoms with E-state index < -0.39 is 23.8 Å². The molecular formula is C37H36Cl2FN3O7. The van der Waals surface area contributed by atoms with Gasteiger partial charge in [0.2, 0.25) is 12.4 Å². The largest absolute Gasteiger partial charge is 0.545 e. The molecule has 1 aromatic heterocycles. The van der Waals surface area contributed by atoms with E-state index >= 15 is 0 Å². The van der Waals surface area contributed by atoms with Crippen molar-refractivity contribution in [3.63, 3.8) is 0 Å². The fraction of sp³-hybridized carbons (Fsp3) is 0.324. The number of amides is 1. The van der Waals surface area contributed by atoms with Gasteiger partial charge < -0.3 is 24.1 Å². The first-order valence-electron chi connectivity index (χ1n) is 16.1. The molecule has 2 atom stereocenters. The Hall–Kier alpha value is -4.58. The molecule has 3 aliphatic rings. The van der Waals surface area contributed by atoms with E-state index in [1.807, 2.05) is 0 Å². The first kappa shape index (κ1) is 35.3. The van der Waals surface area contributed by atoms with Crippen LogP contribution in [-0.2, 0) is 17.7 Å². The SMILES string of the molecule is COc1ccc([C@@H](Cc2c(Cl)c[n+](O)cc2Cl)c2cc(CN(C(=O)O[C@H]3CN4CCC3CC4)c3cccc(F)c3)ccc2C(=O)[O-])cc1OC. The lowest BCUT2D eigenvalue weighted by atomic mass is 9.82. The van der Waals surface area contributed by atoms with Gasteiger partial charge in [-0.25, -0.2) is 9.18 Å². The molecule has 10 nitrogen and oxygen atoms in total. The van der Waals surface area contributed by atoms with Crippen molar-refractivity contribution in [2.45, 2.75) is 37.8 Å². The minimum Gasteiger partial charge on any atom is -0.545 e. The number of carbonyl (C=O) groups excluding carboxylic acids is 2. The predicted octanol–water partition coefficient (Wildman–Crippen LogP) is 5.65. The Balaban J connectivity index is 1.43. The summed E-state index contributed by atoms with van der Waals surface area (Å²) in [5.74, 6) is -1.51. The maximum absolute atomic E-state index is 14.5. The molecule has 3 aromatic carbocycles. The zero-order valence-corrected chi connectivity index (χ0v) is 29.0. The van der Waals surface area contributed by atoms with Crippen molar-refractivity contribution in [2.24, 2.45) is 5.92 Å². The van der Waals surface area contributed by atoms with Gasteiger partial charge in [0, 0.05) is 28.3 Å². The second-order valence-corrected chi connectivity index (χ2v) is 13.3. The van der Waals surface area contributed by atoms with Crippen molar-refractivity contribution in [2.75, 3.05) is 38.8 Å². The molecule has 3 fully saturated rings. The molecule has 1 N–H and O–H groups in total. The number of fused-ring (bicyclic) bond motifs is 3. The highest BCUT2D eigenvalue weighted by Crippen LogP contribution is 2.39. The molecule has 262 valence electrons. The molecule has 2 bridgehead atoms. The van der Waals surface area contributed by atoms with Crippen LogP contribution in [0, 0.1) is 11.7 Å². The topological polar surface area (TPSA) is 115 Å². The van der Waals surface area contributed by atoms with Gasteiger partial charge in [-0.1, -0.05) is 53.5 Å². The summed E-state index contributed by atoms with van der Waals surface area (Å²) in [6, 6.07) is 15.6. The predicted molar refractivity (Wildman–Crippen MR) is 182 cm³/mol. The number of hydrogen-bond acceptors (Lipinski definition) is 8. The van der Waals surface area contributed by atoms with Crippen LogP contribution >= 0.6 is 23.2 Å². The van der Waals surface area contributed by atoms with Crippen LogP contribution in [0.5, 0.6) is 11.5 Å². The van der Waals surface area contributed by atoms with E-state index in [0.29, 0.717) is 46.0 Å². The van der Waals surface area contributed by atoms with E-state index in [0.717, 1.165) is 30.7 Å².